The van der Waals surface area contributed by atoms with Crippen molar-refractivity contribution >= 4 is 11.9 Å². The van der Waals surface area contributed by atoms with E-state index in [0.717, 1.165) is 18.4 Å². The Hall–Kier alpha value is -2.10. The molecule has 104 valence electrons. The van der Waals surface area contributed by atoms with Crippen molar-refractivity contribution in [2.24, 2.45) is 23.5 Å². The third-order valence-electron chi connectivity index (χ3n) is 4.20. The Labute approximate surface area is 117 Å². The van der Waals surface area contributed by atoms with Gasteiger partial charge >= 0.3 is 5.97 Å². The second-order valence-electron chi connectivity index (χ2n) is 5.56. The molecule has 2 bridgehead atoms. The molecule has 4 nitrogen and oxygen atoms in total. The molecular weight excluding hydrogens is 254 g/mol. The lowest BCUT2D eigenvalue weighted by Gasteiger charge is -2.16. The van der Waals surface area contributed by atoms with E-state index in [1.165, 1.54) is 0 Å². The SMILES string of the molecule is NC(=O)c1ccc(COC(=O)[C@H]2C[C@H]3C=C[C@H]2C3)cc1. The number of hydrogen-bond acceptors (Lipinski definition) is 3. The molecule has 1 saturated carbocycles. The van der Waals surface area contributed by atoms with Gasteiger partial charge in [0.2, 0.25) is 5.91 Å². The van der Waals surface area contributed by atoms with E-state index in [0.29, 0.717) is 17.4 Å². The largest absolute Gasteiger partial charge is 0.461 e. The highest BCUT2D eigenvalue weighted by atomic mass is 16.5. The van der Waals surface area contributed by atoms with E-state index in [9.17, 15) is 9.59 Å². The van der Waals surface area contributed by atoms with Crippen LogP contribution in [0.2, 0.25) is 0 Å². The van der Waals surface area contributed by atoms with Crippen molar-refractivity contribution < 1.29 is 14.3 Å². The number of nitrogens with two attached hydrogens (primary N) is 1. The zero-order valence-electron chi connectivity index (χ0n) is 11.1. The van der Waals surface area contributed by atoms with Crippen LogP contribution < -0.4 is 5.73 Å². The Bertz CT molecular complexity index is 562. The average molecular weight is 271 g/mol. The van der Waals surface area contributed by atoms with Gasteiger partial charge in [0.05, 0.1) is 5.92 Å². The Morgan fingerprint density at radius 2 is 1.90 bits per heavy atom. The predicted octanol–water partition coefficient (Wildman–Crippen LogP) is 2.04. The van der Waals surface area contributed by atoms with Crippen molar-refractivity contribution in [1.82, 2.24) is 0 Å². The summed E-state index contributed by atoms with van der Waals surface area (Å²) < 4.78 is 5.38. The zero-order valence-corrected chi connectivity index (χ0v) is 11.1. The second kappa shape index (κ2) is 5.12. The minimum absolute atomic E-state index is 0.0230. The van der Waals surface area contributed by atoms with Gasteiger partial charge in [-0.05, 0) is 42.4 Å². The lowest BCUT2D eigenvalue weighted by molar-refractivity contribution is -0.150. The summed E-state index contributed by atoms with van der Waals surface area (Å²) in [4.78, 5) is 23.0. The van der Waals surface area contributed by atoms with Crippen LogP contribution in [0.1, 0.15) is 28.8 Å². The van der Waals surface area contributed by atoms with Crippen molar-refractivity contribution in [3.8, 4) is 0 Å². The Morgan fingerprint density at radius 1 is 1.15 bits per heavy atom. The Kier molecular flexibility index (Phi) is 3.30. The van der Waals surface area contributed by atoms with Crippen LogP contribution in [0.25, 0.3) is 0 Å². The molecule has 4 heteroatoms. The number of hydrogen-bond donors (Lipinski definition) is 1. The van der Waals surface area contributed by atoms with E-state index in [-0.39, 0.29) is 18.5 Å². The maximum Gasteiger partial charge on any atom is 0.309 e. The number of allylic oxidation sites excluding steroid dienone is 2. The maximum absolute atomic E-state index is 12.1. The quantitative estimate of drug-likeness (QED) is 0.673. The molecule has 1 aromatic rings. The first-order valence-electron chi connectivity index (χ1n) is 6.87. The number of fused-ring (bicyclic) bond motifs is 2. The highest BCUT2D eigenvalue weighted by molar-refractivity contribution is 5.92. The number of amides is 1. The molecule has 0 spiro atoms. The average Bonchev–Trinajstić information content (AvgIpc) is 3.08. The molecule has 1 amide bonds. The van der Waals surface area contributed by atoms with Crippen molar-refractivity contribution in [1.29, 1.82) is 0 Å². The molecule has 0 radical (unpaired) electrons. The number of carbonyl (C=O) groups is 2. The molecule has 1 aromatic carbocycles. The summed E-state index contributed by atoms with van der Waals surface area (Å²) in [7, 11) is 0. The fourth-order valence-corrected chi connectivity index (χ4v) is 3.08. The number of rotatable bonds is 4. The monoisotopic (exact) mass is 271 g/mol. The summed E-state index contributed by atoms with van der Waals surface area (Å²) in [6, 6.07) is 6.81. The summed E-state index contributed by atoms with van der Waals surface area (Å²) in [5.41, 5.74) is 6.49. The molecule has 0 unspecified atom stereocenters. The van der Waals surface area contributed by atoms with Crippen molar-refractivity contribution in [3.63, 3.8) is 0 Å². The van der Waals surface area contributed by atoms with Crippen LogP contribution in [0.4, 0.5) is 0 Å². The smallest absolute Gasteiger partial charge is 0.309 e. The molecule has 0 saturated heterocycles. The summed E-state index contributed by atoms with van der Waals surface area (Å²) >= 11 is 0. The van der Waals surface area contributed by atoms with Crippen LogP contribution in [0.5, 0.6) is 0 Å². The standard InChI is InChI=1S/C16H17NO3/c17-15(18)12-4-1-10(2-5-12)9-20-16(19)14-8-11-3-6-13(14)7-11/h1-6,11,13-14H,7-9H2,(H2,17,18)/t11-,13-,14-/m0/s1. The molecule has 3 rings (SSSR count). The minimum Gasteiger partial charge on any atom is -0.461 e. The minimum atomic E-state index is -0.456. The van der Waals surface area contributed by atoms with Gasteiger partial charge in [0, 0.05) is 5.56 Å². The molecule has 20 heavy (non-hydrogen) atoms. The number of benzene rings is 1. The maximum atomic E-state index is 12.1. The summed E-state index contributed by atoms with van der Waals surface area (Å²) in [5.74, 6) is 0.384. The topological polar surface area (TPSA) is 69.4 Å². The fraction of sp³-hybridized carbons (Fsp3) is 0.375. The number of ether oxygens (including phenoxy) is 1. The zero-order chi connectivity index (χ0) is 14.1. The van der Waals surface area contributed by atoms with Gasteiger partial charge in [0.1, 0.15) is 6.61 Å². The van der Waals surface area contributed by atoms with Crippen molar-refractivity contribution in [2.45, 2.75) is 19.4 Å². The molecule has 0 aromatic heterocycles. The van der Waals surface area contributed by atoms with Gasteiger partial charge < -0.3 is 10.5 Å². The highest BCUT2D eigenvalue weighted by Gasteiger charge is 2.40. The van der Waals surface area contributed by atoms with Crippen LogP contribution in [-0.4, -0.2) is 11.9 Å². The van der Waals surface area contributed by atoms with Gasteiger partial charge in [-0.1, -0.05) is 24.3 Å². The summed E-state index contributed by atoms with van der Waals surface area (Å²) in [6.07, 6.45) is 6.35. The van der Waals surface area contributed by atoms with E-state index in [4.69, 9.17) is 10.5 Å². The number of primary amides is 1. The Balaban J connectivity index is 1.55. The van der Waals surface area contributed by atoms with Crippen LogP contribution in [-0.2, 0) is 16.1 Å². The van der Waals surface area contributed by atoms with E-state index >= 15 is 0 Å². The first-order chi connectivity index (χ1) is 9.63. The molecular formula is C16H17NO3. The van der Waals surface area contributed by atoms with Crippen LogP contribution >= 0.6 is 0 Å². The van der Waals surface area contributed by atoms with Gasteiger partial charge in [-0.3, -0.25) is 9.59 Å². The fourth-order valence-electron chi connectivity index (χ4n) is 3.08. The van der Waals surface area contributed by atoms with E-state index in [2.05, 4.69) is 12.2 Å². The second-order valence-corrected chi connectivity index (χ2v) is 5.56. The number of carbonyl (C=O) groups excluding carboxylic acids is 2. The van der Waals surface area contributed by atoms with Crippen molar-refractivity contribution in [2.75, 3.05) is 0 Å². The normalized spacial score (nSPS) is 26.7. The predicted molar refractivity (Wildman–Crippen MR) is 73.6 cm³/mol. The molecule has 0 aliphatic heterocycles. The van der Waals surface area contributed by atoms with E-state index < -0.39 is 5.91 Å². The molecule has 2 N–H and O–H groups in total. The van der Waals surface area contributed by atoms with Crippen molar-refractivity contribution in [3.05, 3.63) is 47.5 Å². The van der Waals surface area contributed by atoms with Gasteiger partial charge in [-0.25, -0.2) is 0 Å². The first-order valence-corrected chi connectivity index (χ1v) is 6.87. The number of esters is 1. The van der Waals surface area contributed by atoms with Crippen LogP contribution in [0.15, 0.2) is 36.4 Å². The molecule has 1 fully saturated rings. The third-order valence-corrected chi connectivity index (χ3v) is 4.20. The summed E-state index contributed by atoms with van der Waals surface area (Å²) in [6.45, 7) is 0.246. The molecule has 2 aliphatic carbocycles. The van der Waals surface area contributed by atoms with E-state index in [1.54, 1.807) is 24.3 Å². The summed E-state index contributed by atoms with van der Waals surface area (Å²) in [5, 5.41) is 0. The van der Waals surface area contributed by atoms with Gasteiger partial charge in [0.25, 0.3) is 0 Å². The van der Waals surface area contributed by atoms with Crippen LogP contribution in [0, 0.1) is 17.8 Å². The lowest BCUT2D eigenvalue weighted by atomic mass is 9.94. The molecule has 2 aliphatic rings. The first kappa shape index (κ1) is 12.9. The molecule has 0 heterocycles. The third kappa shape index (κ3) is 2.46. The highest BCUT2D eigenvalue weighted by Crippen LogP contribution is 2.43. The van der Waals surface area contributed by atoms with E-state index in [1.807, 2.05) is 0 Å². The van der Waals surface area contributed by atoms with Gasteiger partial charge in [-0.2, -0.15) is 0 Å². The van der Waals surface area contributed by atoms with Crippen LogP contribution in [0.3, 0.4) is 0 Å². The van der Waals surface area contributed by atoms with Gasteiger partial charge in [-0.15, -0.1) is 0 Å². The Morgan fingerprint density at radius 3 is 2.45 bits per heavy atom. The van der Waals surface area contributed by atoms with Gasteiger partial charge in [0.15, 0.2) is 0 Å². The molecule has 3 atom stereocenters. The lowest BCUT2D eigenvalue weighted by Crippen LogP contribution is -2.21.